The average molecular weight is 470 g/mol. The molecule has 2 aromatic carbocycles. The molecular weight excluding hydrogens is 447 g/mol. The molecule has 0 heterocycles. The van der Waals surface area contributed by atoms with E-state index in [0.717, 1.165) is 5.69 Å². The van der Waals surface area contributed by atoms with Gasteiger partial charge in [-0.2, -0.15) is 0 Å². The van der Waals surface area contributed by atoms with E-state index >= 15 is 0 Å². The number of methoxy groups -OCH3 is 2. The number of hydrogen-bond acceptors (Lipinski definition) is 4. The number of carbonyl (C=O) groups is 1. The highest BCUT2D eigenvalue weighted by Gasteiger charge is 2.05. The smallest absolute Gasteiger partial charge is 0.251 e. The maximum Gasteiger partial charge on any atom is 0.251 e. The first-order valence-corrected chi connectivity index (χ1v) is 7.76. The van der Waals surface area contributed by atoms with E-state index in [-0.39, 0.29) is 35.8 Å². The number of rotatable bonds is 7. The van der Waals surface area contributed by atoms with Gasteiger partial charge in [0.2, 0.25) is 0 Å². The molecule has 0 unspecified atom stereocenters. The SMILES string of the molecule is COc1ccc(NC(N)=NCCNC(=O)c2ccccc2)cc1OC.I. The highest BCUT2D eigenvalue weighted by atomic mass is 127. The molecule has 0 atom stereocenters. The van der Waals surface area contributed by atoms with Crippen LogP contribution in [-0.2, 0) is 0 Å². The van der Waals surface area contributed by atoms with Crippen molar-refractivity contribution in [3.8, 4) is 11.5 Å². The molecule has 0 spiro atoms. The van der Waals surface area contributed by atoms with Gasteiger partial charge in [-0.1, -0.05) is 18.2 Å². The lowest BCUT2D eigenvalue weighted by molar-refractivity contribution is 0.0955. The molecule has 2 rings (SSSR count). The Hall–Kier alpha value is -2.49. The minimum absolute atomic E-state index is 0. The molecule has 140 valence electrons. The summed E-state index contributed by atoms with van der Waals surface area (Å²) < 4.78 is 10.4. The summed E-state index contributed by atoms with van der Waals surface area (Å²) in [5.41, 5.74) is 7.19. The second kappa shape index (κ2) is 11.2. The van der Waals surface area contributed by atoms with Crippen LogP contribution in [0.1, 0.15) is 10.4 Å². The summed E-state index contributed by atoms with van der Waals surface area (Å²) >= 11 is 0. The molecule has 0 saturated carbocycles. The summed E-state index contributed by atoms with van der Waals surface area (Å²) in [6.07, 6.45) is 0. The minimum atomic E-state index is -0.137. The van der Waals surface area contributed by atoms with Crippen molar-refractivity contribution in [3.05, 3.63) is 54.1 Å². The van der Waals surface area contributed by atoms with Crippen molar-refractivity contribution >= 4 is 41.5 Å². The molecule has 0 saturated heterocycles. The van der Waals surface area contributed by atoms with E-state index in [1.807, 2.05) is 18.2 Å². The third-order valence-electron chi connectivity index (χ3n) is 3.37. The van der Waals surface area contributed by atoms with Gasteiger partial charge in [-0.25, -0.2) is 0 Å². The van der Waals surface area contributed by atoms with E-state index in [9.17, 15) is 4.79 Å². The molecule has 7 nitrogen and oxygen atoms in total. The van der Waals surface area contributed by atoms with Crippen LogP contribution in [0.15, 0.2) is 53.5 Å². The highest BCUT2D eigenvalue weighted by molar-refractivity contribution is 14.0. The second-order valence-electron chi connectivity index (χ2n) is 5.08. The lowest BCUT2D eigenvalue weighted by Gasteiger charge is -2.11. The van der Waals surface area contributed by atoms with Gasteiger partial charge >= 0.3 is 0 Å². The molecule has 4 N–H and O–H groups in total. The molecule has 8 heteroatoms. The highest BCUT2D eigenvalue weighted by Crippen LogP contribution is 2.29. The number of aliphatic imine (C=N–C) groups is 1. The van der Waals surface area contributed by atoms with Gasteiger partial charge in [0.25, 0.3) is 5.91 Å². The van der Waals surface area contributed by atoms with Crippen molar-refractivity contribution < 1.29 is 14.3 Å². The largest absolute Gasteiger partial charge is 0.493 e. The fourth-order valence-electron chi connectivity index (χ4n) is 2.14. The van der Waals surface area contributed by atoms with Crippen molar-refractivity contribution in [2.45, 2.75) is 0 Å². The number of hydrogen-bond donors (Lipinski definition) is 3. The Kier molecular flexibility index (Phi) is 9.27. The Bertz CT molecular complexity index is 738. The van der Waals surface area contributed by atoms with E-state index in [1.165, 1.54) is 0 Å². The Morgan fingerprint density at radius 2 is 1.77 bits per heavy atom. The topological polar surface area (TPSA) is 98.0 Å². The Morgan fingerprint density at radius 1 is 1.08 bits per heavy atom. The van der Waals surface area contributed by atoms with E-state index in [0.29, 0.717) is 30.2 Å². The molecular formula is C18H23IN4O3. The van der Waals surface area contributed by atoms with E-state index in [4.69, 9.17) is 15.2 Å². The summed E-state index contributed by atoms with van der Waals surface area (Å²) in [5.74, 6) is 1.34. The van der Waals surface area contributed by atoms with Gasteiger partial charge in [0.05, 0.1) is 20.8 Å². The summed E-state index contributed by atoms with van der Waals surface area (Å²) in [4.78, 5) is 16.1. The number of benzene rings is 2. The van der Waals surface area contributed by atoms with Crippen LogP contribution in [0.3, 0.4) is 0 Å². The van der Waals surface area contributed by atoms with Crippen molar-refractivity contribution in [3.63, 3.8) is 0 Å². The van der Waals surface area contributed by atoms with Crippen LogP contribution in [0.2, 0.25) is 0 Å². The summed E-state index contributed by atoms with van der Waals surface area (Å²) in [7, 11) is 3.14. The summed E-state index contributed by atoms with van der Waals surface area (Å²) in [6.45, 7) is 0.757. The van der Waals surface area contributed by atoms with Crippen LogP contribution >= 0.6 is 24.0 Å². The molecule has 0 aliphatic carbocycles. The van der Waals surface area contributed by atoms with Crippen LogP contribution in [0.4, 0.5) is 5.69 Å². The predicted octanol–water partition coefficient (Wildman–Crippen LogP) is 2.48. The van der Waals surface area contributed by atoms with Crippen molar-refractivity contribution in [1.29, 1.82) is 0 Å². The standard InChI is InChI=1S/C18H22N4O3.HI/c1-24-15-9-8-14(12-16(15)25-2)22-18(19)21-11-10-20-17(23)13-6-4-3-5-7-13;/h3-9,12H,10-11H2,1-2H3,(H,20,23)(H3,19,21,22);1H. The molecule has 0 fully saturated rings. The molecule has 0 bridgehead atoms. The number of nitrogens with two attached hydrogens (primary N) is 1. The molecule has 0 aliphatic rings. The average Bonchev–Trinajstić information content (AvgIpc) is 2.65. The number of guanidine groups is 1. The van der Waals surface area contributed by atoms with Crippen molar-refractivity contribution in [1.82, 2.24) is 5.32 Å². The quantitative estimate of drug-likeness (QED) is 0.250. The maximum absolute atomic E-state index is 11.9. The van der Waals surface area contributed by atoms with Gasteiger partial charge in [-0.3, -0.25) is 9.79 Å². The van der Waals surface area contributed by atoms with Crippen LogP contribution < -0.4 is 25.8 Å². The predicted molar refractivity (Wildman–Crippen MR) is 114 cm³/mol. The van der Waals surface area contributed by atoms with E-state index in [2.05, 4.69) is 15.6 Å². The number of carbonyl (C=O) groups excluding carboxylic acids is 1. The van der Waals surface area contributed by atoms with Crippen molar-refractivity contribution in [2.24, 2.45) is 10.7 Å². The Morgan fingerprint density at radius 3 is 2.42 bits per heavy atom. The molecule has 26 heavy (non-hydrogen) atoms. The van der Waals surface area contributed by atoms with Gasteiger partial charge in [-0.15, -0.1) is 24.0 Å². The lowest BCUT2D eigenvalue weighted by Crippen LogP contribution is -2.28. The molecule has 0 aromatic heterocycles. The van der Waals surface area contributed by atoms with Crippen LogP contribution in [-0.4, -0.2) is 39.2 Å². The number of nitrogens with one attached hydrogen (secondary N) is 2. The van der Waals surface area contributed by atoms with Crippen LogP contribution in [0.5, 0.6) is 11.5 Å². The molecule has 2 aromatic rings. The van der Waals surface area contributed by atoms with Crippen molar-refractivity contribution in [2.75, 3.05) is 32.6 Å². The second-order valence-corrected chi connectivity index (χ2v) is 5.08. The first-order chi connectivity index (χ1) is 12.1. The third-order valence-corrected chi connectivity index (χ3v) is 3.37. The van der Waals surface area contributed by atoms with Crippen LogP contribution in [0, 0.1) is 0 Å². The zero-order valence-corrected chi connectivity index (χ0v) is 17.0. The maximum atomic E-state index is 11.9. The Balaban J connectivity index is 0.00000338. The molecule has 0 radical (unpaired) electrons. The summed E-state index contributed by atoms with van der Waals surface area (Å²) in [5, 5.41) is 5.75. The number of nitrogens with zero attached hydrogens (tertiary/aromatic N) is 1. The minimum Gasteiger partial charge on any atom is -0.493 e. The zero-order chi connectivity index (χ0) is 18.1. The number of anilines is 1. The fraction of sp³-hybridized carbons (Fsp3) is 0.222. The van der Waals surface area contributed by atoms with Gasteiger partial charge in [0, 0.05) is 23.9 Å². The third kappa shape index (κ3) is 6.43. The lowest BCUT2D eigenvalue weighted by atomic mass is 10.2. The van der Waals surface area contributed by atoms with Gasteiger partial charge in [0.15, 0.2) is 17.5 Å². The van der Waals surface area contributed by atoms with Gasteiger partial charge in [-0.05, 0) is 24.3 Å². The van der Waals surface area contributed by atoms with Crippen LogP contribution in [0.25, 0.3) is 0 Å². The first-order valence-electron chi connectivity index (χ1n) is 7.76. The fourth-order valence-corrected chi connectivity index (χ4v) is 2.14. The normalized spacial score (nSPS) is 10.5. The van der Waals surface area contributed by atoms with Gasteiger partial charge < -0.3 is 25.8 Å². The van der Waals surface area contributed by atoms with E-state index < -0.39 is 0 Å². The first kappa shape index (κ1) is 21.6. The number of amides is 1. The van der Waals surface area contributed by atoms with E-state index in [1.54, 1.807) is 44.6 Å². The monoisotopic (exact) mass is 470 g/mol. The van der Waals surface area contributed by atoms with Gasteiger partial charge in [0.1, 0.15) is 0 Å². The number of ether oxygens (including phenoxy) is 2. The molecule has 0 aliphatic heterocycles. The Labute approximate surface area is 170 Å². The zero-order valence-electron chi connectivity index (χ0n) is 14.7. The summed E-state index contributed by atoms with van der Waals surface area (Å²) in [6, 6.07) is 14.4. The number of halogens is 1. The molecule has 1 amide bonds.